The van der Waals surface area contributed by atoms with E-state index >= 15 is 0 Å². The van der Waals surface area contributed by atoms with Gasteiger partial charge in [-0.15, -0.1) is 0 Å². The molecule has 9 nitrogen and oxygen atoms in total. The normalized spacial score (nSPS) is 13.9. The molecule has 4 rings (SSSR count). The molecule has 0 bridgehead atoms. The topological polar surface area (TPSA) is 123 Å². The van der Waals surface area contributed by atoms with Crippen LogP contribution in [0.25, 0.3) is 11.1 Å². The van der Waals surface area contributed by atoms with Crippen LogP contribution in [0.3, 0.4) is 0 Å². The minimum Gasteiger partial charge on any atom is -0.480 e. The third-order valence-corrected chi connectivity index (χ3v) is 6.39. The van der Waals surface area contributed by atoms with Crippen LogP contribution >= 0.6 is 0 Å². The molecule has 1 aliphatic carbocycles. The van der Waals surface area contributed by atoms with Crippen LogP contribution in [0.15, 0.2) is 54.7 Å². The van der Waals surface area contributed by atoms with Crippen molar-refractivity contribution in [1.82, 2.24) is 15.1 Å². The molecule has 1 aromatic heterocycles. The number of aliphatic carboxylic acids is 1. The van der Waals surface area contributed by atoms with E-state index in [2.05, 4.69) is 27.9 Å². The van der Waals surface area contributed by atoms with E-state index in [4.69, 9.17) is 4.74 Å². The molecule has 182 valence electrons. The van der Waals surface area contributed by atoms with E-state index in [-0.39, 0.29) is 29.8 Å². The third-order valence-electron chi connectivity index (χ3n) is 6.39. The van der Waals surface area contributed by atoms with E-state index < -0.39 is 24.0 Å². The van der Waals surface area contributed by atoms with Crippen LogP contribution in [0.1, 0.15) is 47.8 Å². The van der Waals surface area contributed by atoms with Gasteiger partial charge >= 0.3 is 12.1 Å². The van der Waals surface area contributed by atoms with Crippen molar-refractivity contribution >= 4 is 23.7 Å². The number of rotatable bonds is 8. The van der Waals surface area contributed by atoms with Crippen molar-refractivity contribution in [2.75, 3.05) is 11.9 Å². The second-order valence-electron chi connectivity index (χ2n) is 8.69. The number of aryl methyl sites for hydroxylation is 1. The third kappa shape index (κ3) is 4.89. The van der Waals surface area contributed by atoms with Gasteiger partial charge in [-0.3, -0.25) is 14.8 Å². The molecule has 1 heterocycles. The minimum absolute atomic E-state index is 0.0874. The highest BCUT2D eigenvalue weighted by Crippen LogP contribution is 2.44. The largest absolute Gasteiger partial charge is 0.480 e. The number of anilines is 1. The number of ether oxygens (including phenoxy) is 1. The predicted molar refractivity (Wildman–Crippen MR) is 130 cm³/mol. The number of nitrogens with one attached hydrogen (secondary N) is 2. The quantitative estimate of drug-likeness (QED) is 0.452. The molecule has 0 aliphatic heterocycles. The zero-order valence-corrected chi connectivity index (χ0v) is 19.8. The van der Waals surface area contributed by atoms with Gasteiger partial charge in [-0.25, -0.2) is 9.59 Å². The summed E-state index contributed by atoms with van der Waals surface area (Å²) in [6.45, 7) is 3.71. The standard InChI is InChI=1S/C26H28N4O5/c1-4-15(2)22(25(32)33)28-24(31)23-21(13-30(3)29-23)27-26(34)35-14-20-18-11-7-5-9-16(18)17-10-6-8-12-19(17)20/h5-13,15,20,22H,4,14H2,1-3H3,(H,27,34)(H,28,31)(H,32,33). The molecule has 0 fully saturated rings. The van der Waals surface area contributed by atoms with E-state index in [1.807, 2.05) is 43.3 Å². The van der Waals surface area contributed by atoms with E-state index in [9.17, 15) is 19.5 Å². The van der Waals surface area contributed by atoms with Crippen molar-refractivity contribution in [2.45, 2.75) is 32.2 Å². The van der Waals surface area contributed by atoms with Crippen molar-refractivity contribution < 1.29 is 24.2 Å². The lowest BCUT2D eigenvalue weighted by Gasteiger charge is -2.19. The molecule has 2 aromatic carbocycles. The number of hydrogen-bond acceptors (Lipinski definition) is 5. The molecular weight excluding hydrogens is 448 g/mol. The first-order chi connectivity index (χ1) is 16.8. The van der Waals surface area contributed by atoms with Crippen molar-refractivity contribution in [3.8, 4) is 11.1 Å². The molecule has 2 atom stereocenters. The molecule has 0 radical (unpaired) electrons. The van der Waals surface area contributed by atoms with E-state index in [1.165, 1.54) is 10.9 Å². The van der Waals surface area contributed by atoms with Gasteiger partial charge in [0.2, 0.25) is 0 Å². The van der Waals surface area contributed by atoms with Crippen molar-refractivity contribution in [1.29, 1.82) is 0 Å². The molecule has 0 saturated heterocycles. The molecular formula is C26H28N4O5. The molecule has 1 aliphatic rings. The van der Waals surface area contributed by atoms with Crippen LogP contribution in [0, 0.1) is 5.92 Å². The van der Waals surface area contributed by atoms with Crippen LogP contribution in [0.2, 0.25) is 0 Å². The Morgan fingerprint density at radius 1 is 1.09 bits per heavy atom. The Morgan fingerprint density at radius 2 is 1.69 bits per heavy atom. The van der Waals surface area contributed by atoms with Crippen molar-refractivity contribution in [2.24, 2.45) is 13.0 Å². The van der Waals surface area contributed by atoms with Gasteiger partial charge in [-0.05, 0) is 28.2 Å². The van der Waals surface area contributed by atoms with Gasteiger partial charge in [-0.1, -0.05) is 68.8 Å². The minimum atomic E-state index is -1.13. The smallest absolute Gasteiger partial charge is 0.411 e. The van der Waals surface area contributed by atoms with Gasteiger partial charge in [-0.2, -0.15) is 5.10 Å². The number of benzene rings is 2. The monoisotopic (exact) mass is 476 g/mol. The highest BCUT2D eigenvalue weighted by atomic mass is 16.5. The maximum absolute atomic E-state index is 12.8. The van der Waals surface area contributed by atoms with E-state index in [0.717, 1.165) is 22.3 Å². The van der Waals surface area contributed by atoms with Gasteiger partial charge in [0.05, 0.1) is 5.69 Å². The number of nitrogens with zero attached hydrogens (tertiary/aromatic N) is 2. The van der Waals surface area contributed by atoms with E-state index in [1.54, 1.807) is 14.0 Å². The summed E-state index contributed by atoms with van der Waals surface area (Å²) < 4.78 is 6.92. The Morgan fingerprint density at radius 3 is 2.26 bits per heavy atom. The van der Waals surface area contributed by atoms with Gasteiger partial charge in [0.1, 0.15) is 12.6 Å². The molecule has 0 spiro atoms. The summed E-state index contributed by atoms with van der Waals surface area (Å²) in [6, 6.07) is 15.0. The summed E-state index contributed by atoms with van der Waals surface area (Å²) in [7, 11) is 1.60. The summed E-state index contributed by atoms with van der Waals surface area (Å²) in [5.74, 6) is -2.20. The zero-order chi connectivity index (χ0) is 25.1. The Kier molecular flexibility index (Phi) is 6.86. The number of fused-ring (bicyclic) bond motifs is 3. The fourth-order valence-electron chi connectivity index (χ4n) is 4.38. The first kappa shape index (κ1) is 24.0. The summed E-state index contributed by atoms with van der Waals surface area (Å²) in [4.78, 5) is 37.1. The number of hydrogen-bond donors (Lipinski definition) is 3. The van der Waals surface area contributed by atoms with Crippen molar-refractivity contribution in [3.05, 3.63) is 71.5 Å². The Balaban J connectivity index is 1.45. The number of carbonyl (C=O) groups is 3. The Hall–Kier alpha value is -4.14. The number of aromatic nitrogens is 2. The fraction of sp³-hybridized carbons (Fsp3) is 0.308. The number of carboxylic acid groups (broad SMARTS) is 1. The second kappa shape index (κ2) is 10.0. The predicted octanol–water partition coefficient (Wildman–Crippen LogP) is 4.01. The van der Waals surface area contributed by atoms with Crippen LogP contribution < -0.4 is 10.6 Å². The fourth-order valence-corrected chi connectivity index (χ4v) is 4.38. The number of carbonyl (C=O) groups excluding carboxylic acids is 2. The SMILES string of the molecule is CCC(C)C(NC(=O)c1nn(C)cc1NC(=O)OCC1c2ccccc2-c2ccccc21)C(=O)O. The summed E-state index contributed by atoms with van der Waals surface area (Å²) in [5.41, 5.74) is 4.47. The molecule has 35 heavy (non-hydrogen) atoms. The number of amides is 2. The molecule has 9 heteroatoms. The van der Waals surface area contributed by atoms with Gasteiger partial charge in [0.15, 0.2) is 5.69 Å². The molecule has 3 N–H and O–H groups in total. The molecule has 3 aromatic rings. The molecule has 2 unspecified atom stereocenters. The number of carboxylic acids is 1. The van der Waals surface area contributed by atoms with Crippen molar-refractivity contribution in [3.63, 3.8) is 0 Å². The second-order valence-corrected chi connectivity index (χ2v) is 8.69. The summed E-state index contributed by atoms with van der Waals surface area (Å²) in [5, 5.41) is 18.7. The average Bonchev–Trinajstić information content (AvgIpc) is 3.37. The first-order valence-electron chi connectivity index (χ1n) is 11.5. The Bertz CT molecular complexity index is 1220. The molecule has 0 saturated carbocycles. The first-order valence-corrected chi connectivity index (χ1v) is 11.5. The maximum atomic E-state index is 12.8. The summed E-state index contributed by atoms with van der Waals surface area (Å²) >= 11 is 0. The average molecular weight is 477 g/mol. The van der Waals surface area contributed by atoms with Crippen LogP contribution in [0.4, 0.5) is 10.5 Å². The summed E-state index contributed by atoms with van der Waals surface area (Å²) in [6.07, 6.45) is 1.31. The zero-order valence-electron chi connectivity index (χ0n) is 19.8. The maximum Gasteiger partial charge on any atom is 0.411 e. The van der Waals surface area contributed by atoms with Crippen LogP contribution in [0.5, 0.6) is 0 Å². The lowest BCUT2D eigenvalue weighted by Crippen LogP contribution is -2.45. The lowest BCUT2D eigenvalue weighted by molar-refractivity contribution is -0.140. The Labute approximate surface area is 203 Å². The highest BCUT2D eigenvalue weighted by molar-refractivity contribution is 6.02. The van der Waals surface area contributed by atoms with E-state index in [0.29, 0.717) is 6.42 Å². The lowest BCUT2D eigenvalue weighted by atomic mass is 9.98. The van der Waals surface area contributed by atoms with Crippen LogP contribution in [-0.2, 0) is 16.6 Å². The van der Waals surface area contributed by atoms with Gasteiger partial charge in [0.25, 0.3) is 5.91 Å². The van der Waals surface area contributed by atoms with Gasteiger partial charge < -0.3 is 15.2 Å². The highest BCUT2D eigenvalue weighted by Gasteiger charge is 2.30. The van der Waals surface area contributed by atoms with Crippen LogP contribution in [-0.4, -0.2) is 45.5 Å². The molecule has 2 amide bonds. The van der Waals surface area contributed by atoms with Gasteiger partial charge in [0, 0.05) is 19.2 Å².